The van der Waals surface area contributed by atoms with Crippen molar-refractivity contribution in [2.45, 2.75) is 118 Å². The van der Waals surface area contributed by atoms with Crippen LogP contribution in [-0.4, -0.2) is 6.54 Å². The summed E-state index contributed by atoms with van der Waals surface area (Å²) in [6, 6.07) is 0. The molecule has 1 nitrogen and oxygen atoms in total. The molecule has 0 bridgehead atoms. The second kappa shape index (κ2) is 9.29. The van der Waals surface area contributed by atoms with E-state index in [2.05, 4.69) is 33.8 Å². The first-order valence-corrected chi connectivity index (χ1v) is 13.8. The van der Waals surface area contributed by atoms with Crippen molar-refractivity contribution < 1.29 is 0 Å². The molecule has 3 saturated carbocycles. The van der Waals surface area contributed by atoms with Gasteiger partial charge in [-0.25, -0.2) is 0 Å². The molecule has 0 saturated heterocycles. The maximum Gasteiger partial charge on any atom is -0.00772 e. The van der Waals surface area contributed by atoms with Gasteiger partial charge in [-0.2, -0.15) is 0 Å². The Labute approximate surface area is 188 Å². The van der Waals surface area contributed by atoms with Crippen LogP contribution in [0.5, 0.6) is 0 Å². The number of nitrogens with two attached hydrogens (primary N) is 1. The Morgan fingerprint density at radius 3 is 2.57 bits per heavy atom. The van der Waals surface area contributed by atoms with Crippen molar-refractivity contribution in [1.29, 1.82) is 0 Å². The van der Waals surface area contributed by atoms with Crippen LogP contribution in [0.3, 0.4) is 0 Å². The predicted octanol–water partition coefficient (Wildman–Crippen LogP) is 8.14. The Morgan fingerprint density at radius 1 is 0.967 bits per heavy atom. The molecule has 4 aliphatic carbocycles. The second-order valence-electron chi connectivity index (χ2n) is 12.8. The standard InChI is InChI=1S/C29H51N/c1-21(2)8-5-6-10-23-12-14-26-25-13-11-24-20-22(9-7-19-30)15-17-29(24,4)27(25)16-18-28(23,26)3/h11,21-23,25-27H,5-10,12-20,30H2,1-4H3. The lowest BCUT2D eigenvalue weighted by molar-refractivity contribution is -0.0458. The van der Waals surface area contributed by atoms with Gasteiger partial charge in [-0.15, -0.1) is 0 Å². The van der Waals surface area contributed by atoms with Gasteiger partial charge in [0.25, 0.3) is 0 Å². The zero-order valence-corrected chi connectivity index (χ0v) is 20.7. The van der Waals surface area contributed by atoms with Crippen LogP contribution in [0.25, 0.3) is 0 Å². The predicted molar refractivity (Wildman–Crippen MR) is 130 cm³/mol. The molecule has 1 heteroatoms. The maximum atomic E-state index is 5.80. The highest BCUT2D eigenvalue weighted by Gasteiger charge is 2.58. The zero-order valence-electron chi connectivity index (χ0n) is 20.7. The minimum Gasteiger partial charge on any atom is -0.330 e. The van der Waals surface area contributed by atoms with E-state index in [4.69, 9.17) is 5.73 Å². The van der Waals surface area contributed by atoms with E-state index in [1.165, 1.54) is 89.9 Å². The highest BCUT2D eigenvalue weighted by molar-refractivity contribution is 5.25. The van der Waals surface area contributed by atoms with Gasteiger partial charge in [-0.1, -0.05) is 58.6 Å². The van der Waals surface area contributed by atoms with Crippen LogP contribution in [0.15, 0.2) is 11.6 Å². The van der Waals surface area contributed by atoms with Gasteiger partial charge in [0.15, 0.2) is 0 Å². The minimum atomic E-state index is 0.527. The molecule has 7 atom stereocenters. The molecule has 0 aromatic rings. The maximum absolute atomic E-state index is 5.80. The molecule has 4 aliphatic rings. The first kappa shape index (κ1) is 22.9. The summed E-state index contributed by atoms with van der Waals surface area (Å²) in [5.41, 5.74) is 8.84. The zero-order chi connectivity index (χ0) is 21.4. The number of unbranched alkanes of at least 4 members (excludes halogenated alkanes) is 1. The Morgan fingerprint density at radius 2 is 1.80 bits per heavy atom. The Balaban J connectivity index is 1.42. The fourth-order valence-corrected chi connectivity index (χ4v) is 8.92. The molecule has 0 aromatic heterocycles. The molecule has 0 spiro atoms. The number of rotatable bonds is 8. The van der Waals surface area contributed by atoms with Crippen LogP contribution in [0, 0.1) is 46.3 Å². The third-order valence-electron chi connectivity index (χ3n) is 10.8. The van der Waals surface area contributed by atoms with E-state index in [9.17, 15) is 0 Å². The number of fused-ring (bicyclic) bond motifs is 5. The molecular formula is C29H51N. The molecular weight excluding hydrogens is 362 g/mol. The average molecular weight is 414 g/mol. The molecule has 2 N–H and O–H groups in total. The molecule has 0 amide bonds. The van der Waals surface area contributed by atoms with Gasteiger partial charge in [0.1, 0.15) is 0 Å². The van der Waals surface area contributed by atoms with Gasteiger partial charge in [0.2, 0.25) is 0 Å². The fourth-order valence-electron chi connectivity index (χ4n) is 8.92. The third kappa shape index (κ3) is 4.18. The van der Waals surface area contributed by atoms with Crippen LogP contribution < -0.4 is 5.73 Å². The highest BCUT2D eigenvalue weighted by Crippen LogP contribution is 2.67. The van der Waals surface area contributed by atoms with Crippen molar-refractivity contribution in [3.8, 4) is 0 Å². The van der Waals surface area contributed by atoms with Crippen molar-refractivity contribution >= 4 is 0 Å². The molecule has 30 heavy (non-hydrogen) atoms. The largest absolute Gasteiger partial charge is 0.330 e. The SMILES string of the molecule is CC(C)CCCCC1CCC2C3CC=C4CC(CCCN)CCC4(C)C3CCC12C. The van der Waals surface area contributed by atoms with Crippen molar-refractivity contribution in [3.05, 3.63) is 11.6 Å². The van der Waals surface area contributed by atoms with Crippen LogP contribution in [0.4, 0.5) is 0 Å². The van der Waals surface area contributed by atoms with E-state index in [1.54, 1.807) is 0 Å². The van der Waals surface area contributed by atoms with Crippen molar-refractivity contribution in [3.63, 3.8) is 0 Å². The lowest BCUT2D eigenvalue weighted by Gasteiger charge is -2.58. The van der Waals surface area contributed by atoms with Crippen molar-refractivity contribution in [2.75, 3.05) is 6.54 Å². The third-order valence-corrected chi connectivity index (χ3v) is 10.8. The highest BCUT2D eigenvalue weighted by atomic mass is 14.6. The fraction of sp³-hybridized carbons (Fsp3) is 0.931. The Bertz CT molecular complexity index is 605. The second-order valence-corrected chi connectivity index (χ2v) is 12.8. The Kier molecular flexibility index (Phi) is 7.08. The van der Waals surface area contributed by atoms with E-state index in [-0.39, 0.29) is 0 Å². The lowest BCUT2D eigenvalue weighted by atomic mass is 9.47. The minimum absolute atomic E-state index is 0.527. The molecule has 172 valence electrons. The van der Waals surface area contributed by atoms with E-state index < -0.39 is 0 Å². The quantitative estimate of drug-likeness (QED) is 0.315. The van der Waals surface area contributed by atoms with Gasteiger partial charge in [-0.05, 0) is 124 Å². The summed E-state index contributed by atoms with van der Waals surface area (Å²) in [6.45, 7) is 11.0. The normalized spacial score (nSPS) is 43.1. The monoisotopic (exact) mass is 413 g/mol. The molecule has 7 unspecified atom stereocenters. The van der Waals surface area contributed by atoms with E-state index >= 15 is 0 Å². The van der Waals surface area contributed by atoms with Crippen molar-refractivity contribution in [1.82, 2.24) is 0 Å². The van der Waals surface area contributed by atoms with Crippen LogP contribution >= 0.6 is 0 Å². The number of allylic oxidation sites excluding steroid dienone is 2. The van der Waals surface area contributed by atoms with E-state index in [1.807, 2.05) is 5.57 Å². The van der Waals surface area contributed by atoms with Crippen LogP contribution in [0.2, 0.25) is 0 Å². The summed E-state index contributed by atoms with van der Waals surface area (Å²) in [6.07, 6.45) is 23.0. The van der Waals surface area contributed by atoms with E-state index in [0.717, 1.165) is 42.1 Å². The molecule has 0 radical (unpaired) electrons. The first-order chi connectivity index (χ1) is 14.4. The number of hydrogen-bond donors (Lipinski definition) is 1. The summed E-state index contributed by atoms with van der Waals surface area (Å²) in [7, 11) is 0. The van der Waals surface area contributed by atoms with Crippen LogP contribution in [-0.2, 0) is 0 Å². The molecule has 0 aromatic carbocycles. The summed E-state index contributed by atoms with van der Waals surface area (Å²) in [5.74, 6) is 5.78. The number of hydrogen-bond acceptors (Lipinski definition) is 1. The van der Waals surface area contributed by atoms with E-state index in [0.29, 0.717) is 10.8 Å². The van der Waals surface area contributed by atoms with Gasteiger partial charge in [0.05, 0.1) is 0 Å². The molecule has 3 fully saturated rings. The van der Waals surface area contributed by atoms with Gasteiger partial charge in [0, 0.05) is 0 Å². The summed E-state index contributed by atoms with van der Waals surface area (Å²) in [5, 5.41) is 0. The lowest BCUT2D eigenvalue weighted by Crippen LogP contribution is -2.50. The summed E-state index contributed by atoms with van der Waals surface area (Å²) in [4.78, 5) is 0. The average Bonchev–Trinajstić information content (AvgIpc) is 3.05. The topological polar surface area (TPSA) is 26.0 Å². The molecule has 0 aliphatic heterocycles. The van der Waals surface area contributed by atoms with Crippen molar-refractivity contribution in [2.24, 2.45) is 52.1 Å². The van der Waals surface area contributed by atoms with Gasteiger partial charge >= 0.3 is 0 Å². The smallest absolute Gasteiger partial charge is 0.00772 e. The molecule has 4 rings (SSSR count). The first-order valence-electron chi connectivity index (χ1n) is 13.8. The van der Waals surface area contributed by atoms with Crippen LogP contribution in [0.1, 0.15) is 118 Å². The summed E-state index contributed by atoms with van der Waals surface area (Å²) >= 11 is 0. The van der Waals surface area contributed by atoms with Gasteiger partial charge in [-0.3, -0.25) is 0 Å². The summed E-state index contributed by atoms with van der Waals surface area (Å²) < 4.78 is 0. The molecule has 0 heterocycles. The van der Waals surface area contributed by atoms with Gasteiger partial charge < -0.3 is 5.73 Å². The Hall–Kier alpha value is -0.300.